The average molecular weight is 590 g/mol. The van der Waals surface area contributed by atoms with E-state index in [2.05, 4.69) is 69.9 Å². The minimum Gasteiger partial charge on any atom is -0.490 e. The Hall–Kier alpha value is -3.42. The van der Waals surface area contributed by atoms with E-state index in [9.17, 15) is 4.79 Å². The average Bonchev–Trinajstić information content (AvgIpc) is 3.26. The monoisotopic (exact) mass is 588 g/mol. The van der Waals surface area contributed by atoms with Crippen LogP contribution in [0.3, 0.4) is 0 Å². The van der Waals surface area contributed by atoms with Gasteiger partial charge < -0.3 is 20.1 Å². The van der Waals surface area contributed by atoms with Crippen molar-refractivity contribution < 1.29 is 14.3 Å². The highest BCUT2D eigenvalue weighted by atomic mass is 79.9. The maximum atomic E-state index is 12.7. The summed E-state index contributed by atoms with van der Waals surface area (Å²) in [7, 11) is 0. The number of hydrogen-bond acceptors (Lipinski definition) is 5. The fraction of sp³-hybridized carbons (Fsp3) is 0.194. The lowest BCUT2D eigenvalue weighted by Crippen LogP contribution is -2.30. The number of aryl methyl sites for hydroxylation is 1. The van der Waals surface area contributed by atoms with Crippen LogP contribution in [0.25, 0.3) is 16.8 Å². The van der Waals surface area contributed by atoms with Crippen LogP contribution >= 0.6 is 27.7 Å². The molecule has 4 aromatic rings. The first-order chi connectivity index (χ1) is 18.5. The molecular weight excluding hydrogens is 560 g/mol. The van der Waals surface area contributed by atoms with Gasteiger partial charge in [-0.15, -0.1) is 0 Å². The van der Waals surface area contributed by atoms with Gasteiger partial charge in [-0.2, -0.15) is 0 Å². The summed E-state index contributed by atoms with van der Waals surface area (Å²) in [5.41, 5.74) is 3.96. The van der Waals surface area contributed by atoms with Gasteiger partial charge in [0.05, 0.1) is 16.0 Å². The molecule has 0 unspecified atom stereocenters. The van der Waals surface area contributed by atoms with Crippen molar-refractivity contribution in [2.75, 3.05) is 11.9 Å². The number of halogens is 1. The van der Waals surface area contributed by atoms with Crippen LogP contribution in [0.4, 0.5) is 5.69 Å². The Kier molecular flexibility index (Phi) is 8.25. The Morgan fingerprint density at radius 1 is 1.00 bits per heavy atom. The van der Waals surface area contributed by atoms with E-state index in [-0.39, 0.29) is 11.4 Å². The van der Waals surface area contributed by atoms with Crippen LogP contribution in [0.15, 0.2) is 88.2 Å². The molecule has 4 aromatic carbocycles. The highest BCUT2D eigenvalue weighted by Gasteiger charge is 2.27. The summed E-state index contributed by atoms with van der Waals surface area (Å²) in [5.74, 6) is 1.16. The first-order valence-corrected chi connectivity index (χ1v) is 14.3. The third-order valence-electron chi connectivity index (χ3n) is 6.27. The molecular formula is C31H29BrN2O3S. The predicted octanol–water partition coefficient (Wildman–Crippen LogP) is 7.74. The molecule has 0 saturated carbocycles. The number of anilines is 1. The van der Waals surface area contributed by atoms with Crippen LogP contribution in [0.2, 0.25) is 0 Å². The summed E-state index contributed by atoms with van der Waals surface area (Å²) in [4.78, 5) is 13.3. The van der Waals surface area contributed by atoms with Crippen LogP contribution in [-0.4, -0.2) is 18.0 Å². The van der Waals surface area contributed by atoms with E-state index in [1.54, 1.807) is 0 Å². The van der Waals surface area contributed by atoms with Crippen LogP contribution < -0.4 is 20.1 Å². The normalized spacial score (nSPS) is 16.0. The van der Waals surface area contributed by atoms with E-state index in [1.807, 2.05) is 55.5 Å². The van der Waals surface area contributed by atoms with Gasteiger partial charge in [-0.05, 0) is 87.1 Å². The lowest BCUT2D eigenvalue weighted by Gasteiger charge is -2.16. The number of rotatable bonds is 9. The molecule has 1 aliphatic rings. The zero-order chi connectivity index (χ0) is 26.5. The number of fused-ring (bicyclic) bond motifs is 1. The third-order valence-corrected chi connectivity index (χ3v) is 7.89. The summed E-state index contributed by atoms with van der Waals surface area (Å²) >= 11 is 5.13. The molecule has 0 aromatic heterocycles. The maximum Gasteiger partial charge on any atom is 0.260 e. The molecule has 1 atom stereocenters. The van der Waals surface area contributed by atoms with Crippen molar-refractivity contribution in [3.8, 4) is 11.5 Å². The first kappa shape index (κ1) is 26.2. The number of nitrogens with one attached hydrogen (secondary N) is 2. The molecule has 38 heavy (non-hydrogen) atoms. The second-order valence-electron chi connectivity index (χ2n) is 8.86. The van der Waals surface area contributed by atoms with Crippen molar-refractivity contribution in [1.29, 1.82) is 0 Å². The van der Waals surface area contributed by atoms with Crippen molar-refractivity contribution in [3.05, 3.63) is 105 Å². The van der Waals surface area contributed by atoms with E-state index >= 15 is 0 Å². The van der Waals surface area contributed by atoms with Crippen LogP contribution in [-0.2, 0) is 17.8 Å². The quantitative estimate of drug-likeness (QED) is 0.196. The Morgan fingerprint density at radius 2 is 1.79 bits per heavy atom. The van der Waals surface area contributed by atoms with Crippen molar-refractivity contribution in [2.45, 2.75) is 32.4 Å². The fourth-order valence-corrected chi connectivity index (χ4v) is 5.91. The highest BCUT2D eigenvalue weighted by molar-refractivity contribution is 9.10. The summed E-state index contributed by atoms with van der Waals surface area (Å²) in [6, 6.07) is 26.6. The second-order valence-corrected chi connectivity index (χ2v) is 10.9. The van der Waals surface area contributed by atoms with E-state index in [0.29, 0.717) is 29.6 Å². The number of benzene rings is 4. The molecule has 7 heteroatoms. The summed E-state index contributed by atoms with van der Waals surface area (Å²) in [6.07, 6.45) is 2.87. The Bertz CT molecular complexity index is 1480. The van der Waals surface area contributed by atoms with Gasteiger partial charge in [0.2, 0.25) is 0 Å². The summed E-state index contributed by atoms with van der Waals surface area (Å²) in [5, 5.41) is 8.71. The summed E-state index contributed by atoms with van der Waals surface area (Å²) < 4.78 is 13.0. The molecule has 5 rings (SSSR count). The standard InChI is InChI=1S/C31H29BrN2O3S/c1-3-20-12-14-24(15-13-20)33-31-34-30(35)28(38-31)18-21-16-26(32)29(27(17-21)36-4-2)37-19-23-10-7-9-22-8-5-6-11-25(22)23/h5-18,31,33H,3-4,19H2,1-2H3,(H,34,35)/b28-18-/t31-/m1/s1. The molecule has 0 radical (unpaired) electrons. The zero-order valence-electron chi connectivity index (χ0n) is 21.3. The molecule has 194 valence electrons. The lowest BCUT2D eigenvalue weighted by atomic mass is 10.1. The smallest absolute Gasteiger partial charge is 0.260 e. The SMILES string of the molecule is CCOc1cc(/C=C2\S[C@H](Nc3ccc(CC)cc3)NC2=O)cc(Br)c1OCc1cccc2ccccc12. The van der Waals surface area contributed by atoms with Crippen LogP contribution in [0.1, 0.15) is 30.5 Å². The van der Waals surface area contributed by atoms with Gasteiger partial charge in [0.25, 0.3) is 5.91 Å². The number of carbonyl (C=O) groups is 1. The van der Waals surface area contributed by atoms with Crippen molar-refractivity contribution >= 4 is 56.1 Å². The number of thioether (sulfide) groups is 1. The van der Waals surface area contributed by atoms with Crippen molar-refractivity contribution in [3.63, 3.8) is 0 Å². The number of hydrogen-bond donors (Lipinski definition) is 2. The molecule has 0 spiro atoms. The molecule has 0 bridgehead atoms. The number of carbonyl (C=O) groups excluding carboxylic acids is 1. The molecule has 1 saturated heterocycles. The minimum absolute atomic E-state index is 0.108. The first-order valence-electron chi connectivity index (χ1n) is 12.6. The number of amides is 1. The molecule has 5 nitrogen and oxygen atoms in total. The van der Waals surface area contributed by atoms with Gasteiger partial charge >= 0.3 is 0 Å². The molecule has 2 N–H and O–H groups in total. The maximum absolute atomic E-state index is 12.7. The molecule has 1 amide bonds. The molecule has 1 heterocycles. The van der Waals surface area contributed by atoms with Gasteiger partial charge in [0, 0.05) is 5.69 Å². The molecule has 1 aliphatic heterocycles. The van der Waals surface area contributed by atoms with Crippen molar-refractivity contribution in [2.24, 2.45) is 0 Å². The Morgan fingerprint density at radius 3 is 2.58 bits per heavy atom. The van der Waals surface area contributed by atoms with Gasteiger partial charge in [0.1, 0.15) is 6.61 Å². The van der Waals surface area contributed by atoms with Crippen molar-refractivity contribution in [1.82, 2.24) is 5.32 Å². The van der Waals surface area contributed by atoms with E-state index in [0.717, 1.165) is 27.7 Å². The van der Waals surface area contributed by atoms with E-state index in [1.165, 1.54) is 28.1 Å². The van der Waals surface area contributed by atoms with Gasteiger partial charge in [-0.3, -0.25) is 4.79 Å². The van der Waals surface area contributed by atoms with E-state index in [4.69, 9.17) is 9.47 Å². The minimum atomic E-state index is -0.237. The van der Waals surface area contributed by atoms with E-state index < -0.39 is 0 Å². The molecule has 0 aliphatic carbocycles. The fourth-order valence-electron chi connectivity index (χ4n) is 4.35. The lowest BCUT2D eigenvalue weighted by molar-refractivity contribution is -0.116. The Labute approximate surface area is 235 Å². The summed E-state index contributed by atoms with van der Waals surface area (Å²) in [6.45, 7) is 4.98. The third kappa shape index (κ3) is 6.00. The Balaban J connectivity index is 1.33. The predicted molar refractivity (Wildman–Crippen MR) is 161 cm³/mol. The van der Waals surface area contributed by atoms with Crippen LogP contribution in [0, 0.1) is 0 Å². The van der Waals surface area contributed by atoms with Gasteiger partial charge in [-0.25, -0.2) is 0 Å². The second kappa shape index (κ2) is 12.0. The largest absolute Gasteiger partial charge is 0.490 e. The number of ether oxygens (including phenoxy) is 2. The molecule has 1 fully saturated rings. The highest BCUT2D eigenvalue weighted by Crippen LogP contribution is 2.39. The topological polar surface area (TPSA) is 59.6 Å². The van der Waals surface area contributed by atoms with Gasteiger partial charge in [0.15, 0.2) is 17.0 Å². The van der Waals surface area contributed by atoms with Crippen LogP contribution in [0.5, 0.6) is 11.5 Å². The zero-order valence-corrected chi connectivity index (χ0v) is 23.7. The van der Waals surface area contributed by atoms with Gasteiger partial charge in [-0.1, -0.05) is 73.3 Å².